The molecular formula is C13H16FN3O. The summed E-state index contributed by atoms with van der Waals surface area (Å²) in [5.41, 5.74) is 1.69. The van der Waals surface area contributed by atoms with Gasteiger partial charge in [0.2, 0.25) is 0 Å². The van der Waals surface area contributed by atoms with Crippen molar-refractivity contribution in [2.75, 3.05) is 0 Å². The average molecular weight is 249 g/mol. The molecule has 0 saturated heterocycles. The van der Waals surface area contributed by atoms with E-state index in [1.165, 1.54) is 6.07 Å². The maximum absolute atomic E-state index is 13.6. The third kappa shape index (κ3) is 2.13. The Morgan fingerprint density at radius 2 is 1.94 bits per heavy atom. The number of hydrogen-bond donors (Lipinski definition) is 1. The van der Waals surface area contributed by atoms with Gasteiger partial charge in [-0.25, -0.2) is 14.1 Å². The van der Waals surface area contributed by atoms with Crippen molar-refractivity contribution in [3.63, 3.8) is 0 Å². The standard InChI is InChI=1S/C13H16FN3O/c1-7-5-13(11(8(2)18)6-12(7)14)17-10(4)15-9(3)16-17/h5-6,8,18H,1-4H3. The molecule has 1 unspecified atom stereocenters. The maximum Gasteiger partial charge on any atom is 0.148 e. The minimum atomic E-state index is -0.765. The fraction of sp³-hybridized carbons (Fsp3) is 0.385. The molecule has 0 aliphatic heterocycles. The third-order valence-electron chi connectivity index (χ3n) is 2.86. The molecule has 0 fully saturated rings. The van der Waals surface area contributed by atoms with Crippen molar-refractivity contribution in [2.24, 2.45) is 0 Å². The van der Waals surface area contributed by atoms with Crippen molar-refractivity contribution in [1.29, 1.82) is 0 Å². The van der Waals surface area contributed by atoms with E-state index in [0.29, 0.717) is 28.5 Å². The molecule has 1 atom stereocenters. The van der Waals surface area contributed by atoms with Gasteiger partial charge in [-0.1, -0.05) is 0 Å². The van der Waals surface area contributed by atoms with Crippen LogP contribution >= 0.6 is 0 Å². The van der Waals surface area contributed by atoms with Crippen molar-refractivity contribution >= 4 is 0 Å². The number of benzene rings is 1. The van der Waals surface area contributed by atoms with Gasteiger partial charge in [-0.2, -0.15) is 5.10 Å². The first-order valence-corrected chi connectivity index (χ1v) is 5.79. The van der Waals surface area contributed by atoms with Crippen LogP contribution in [0.4, 0.5) is 4.39 Å². The molecule has 1 N–H and O–H groups in total. The first-order chi connectivity index (χ1) is 8.40. The Bertz CT molecular complexity index is 590. The lowest BCUT2D eigenvalue weighted by Crippen LogP contribution is -2.07. The summed E-state index contributed by atoms with van der Waals surface area (Å²) in [7, 11) is 0. The van der Waals surface area contributed by atoms with E-state index in [1.807, 2.05) is 6.92 Å². The van der Waals surface area contributed by atoms with E-state index >= 15 is 0 Å². The van der Waals surface area contributed by atoms with Gasteiger partial charge in [-0.3, -0.25) is 0 Å². The molecule has 1 aromatic carbocycles. The Hall–Kier alpha value is -1.75. The van der Waals surface area contributed by atoms with Crippen LogP contribution in [0, 0.1) is 26.6 Å². The predicted molar refractivity (Wildman–Crippen MR) is 66.2 cm³/mol. The van der Waals surface area contributed by atoms with Crippen molar-refractivity contribution in [2.45, 2.75) is 33.8 Å². The summed E-state index contributed by atoms with van der Waals surface area (Å²) >= 11 is 0. The van der Waals surface area contributed by atoms with E-state index in [0.717, 1.165) is 0 Å². The second-order valence-corrected chi connectivity index (χ2v) is 4.45. The summed E-state index contributed by atoms with van der Waals surface area (Å²) in [6.07, 6.45) is -0.765. The van der Waals surface area contributed by atoms with Crippen LogP contribution in [0.15, 0.2) is 12.1 Å². The molecule has 0 aliphatic rings. The zero-order chi connectivity index (χ0) is 13.4. The van der Waals surface area contributed by atoms with Gasteiger partial charge in [0.25, 0.3) is 0 Å². The predicted octanol–water partition coefficient (Wildman–Crippen LogP) is 2.38. The molecule has 0 spiro atoms. The molecule has 2 rings (SSSR count). The lowest BCUT2D eigenvalue weighted by molar-refractivity contribution is 0.198. The second-order valence-electron chi connectivity index (χ2n) is 4.45. The molecule has 18 heavy (non-hydrogen) atoms. The van der Waals surface area contributed by atoms with Crippen molar-refractivity contribution in [1.82, 2.24) is 14.8 Å². The molecular weight excluding hydrogens is 233 g/mol. The van der Waals surface area contributed by atoms with Crippen molar-refractivity contribution in [3.8, 4) is 5.69 Å². The van der Waals surface area contributed by atoms with Crippen LogP contribution in [0.3, 0.4) is 0 Å². The van der Waals surface area contributed by atoms with Gasteiger partial charge in [0, 0.05) is 5.56 Å². The second kappa shape index (κ2) is 4.49. The Kier molecular flexibility index (Phi) is 3.17. The molecule has 96 valence electrons. The quantitative estimate of drug-likeness (QED) is 0.889. The fourth-order valence-electron chi connectivity index (χ4n) is 1.95. The van der Waals surface area contributed by atoms with Crippen molar-refractivity contribution in [3.05, 3.63) is 40.7 Å². The van der Waals surface area contributed by atoms with Crippen LogP contribution in [0.25, 0.3) is 5.69 Å². The molecule has 0 aliphatic carbocycles. The largest absolute Gasteiger partial charge is 0.389 e. The van der Waals surface area contributed by atoms with Crippen LogP contribution in [-0.4, -0.2) is 19.9 Å². The zero-order valence-corrected chi connectivity index (χ0v) is 10.9. The van der Waals surface area contributed by atoms with Crippen molar-refractivity contribution < 1.29 is 9.50 Å². The Labute approximate surface area is 105 Å². The average Bonchev–Trinajstić information content (AvgIpc) is 2.61. The normalized spacial score (nSPS) is 12.8. The molecule has 2 aromatic rings. The molecule has 4 nitrogen and oxygen atoms in total. The lowest BCUT2D eigenvalue weighted by Gasteiger charge is -2.14. The van der Waals surface area contributed by atoms with E-state index in [4.69, 9.17) is 0 Å². The smallest absolute Gasteiger partial charge is 0.148 e. The minimum Gasteiger partial charge on any atom is -0.389 e. The molecule has 1 heterocycles. The van der Waals surface area contributed by atoms with E-state index in [9.17, 15) is 9.50 Å². The lowest BCUT2D eigenvalue weighted by atomic mass is 10.0. The molecule has 0 radical (unpaired) electrons. The Morgan fingerprint density at radius 1 is 1.28 bits per heavy atom. The highest BCUT2D eigenvalue weighted by Crippen LogP contribution is 2.25. The zero-order valence-electron chi connectivity index (χ0n) is 10.9. The summed E-state index contributed by atoms with van der Waals surface area (Å²) in [6, 6.07) is 3.03. The summed E-state index contributed by atoms with van der Waals surface area (Å²) in [6.45, 7) is 6.91. The third-order valence-corrected chi connectivity index (χ3v) is 2.86. The monoisotopic (exact) mass is 249 g/mol. The Balaban J connectivity index is 2.69. The van der Waals surface area contributed by atoms with Gasteiger partial charge in [-0.05, 0) is 45.4 Å². The molecule has 1 aromatic heterocycles. The van der Waals surface area contributed by atoms with Crippen LogP contribution in [0.2, 0.25) is 0 Å². The van der Waals surface area contributed by atoms with Crippen LogP contribution in [-0.2, 0) is 0 Å². The highest BCUT2D eigenvalue weighted by molar-refractivity contribution is 5.45. The molecule has 0 bridgehead atoms. The summed E-state index contributed by atoms with van der Waals surface area (Å²) < 4.78 is 15.2. The number of aliphatic hydroxyl groups excluding tert-OH is 1. The Morgan fingerprint density at radius 3 is 2.44 bits per heavy atom. The summed E-state index contributed by atoms with van der Waals surface area (Å²) in [5, 5.41) is 14.0. The van der Waals surface area contributed by atoms with Gasteiger partial charge >= 0.3 is 0 Å². The number of hydrogen-bond acceptors (Lipinski definition) is 3. The number of halogens is 1. The summed E-state index contributed by atoms with van der Waals surface area (Å²) in [5.74, 6) is 1.02. The number of nitrogens with zero attached hydrogens (tertiary/aromatic N) is 3. The van der Waals surface area contributed by atoms with Gasteiger partial charge < -0.3 is 5.11 Å². The first-order valence-electron chi connectivity index (χ1n) is 5.79. The van der Waals surface area contributed by atoms with E-state index in [2.05, 4.69) is 10.1 Å². The fourth-order valence-corrected chi connectivity index (χ4v) is 1.95. The number of aryl methyl sites for hydroxylation is 3. The number of aliphatic hydroxyl groups is 1. The molecule has 0 amide bonds. The first kappa shape index (κ1) is 12.7. The topological polar surface area (TPSA) is 50.9 Å². The van der Waals surface area contributed by atoms with Gasteiger partial charge in [0.05, 0.1) is 11.8 Å². The molecule has 5 heteroatoms. The van der Waals surface area contributed by atoms with E-state index in [1.54, 1.807) is 31.5 Å². The summed E-state index contributed by atoms with van der Waals surface area (Å²) in [4.78, 5) is 4.22. The SMILES string of the molecule is Cc1nc(C)n(-c2cc(C)c(F)cc2C(C)O)n1. The van der Waals surface area contributed by atoms with E-state index < -0.39 is 6.10 Å². The van der Waals surface area contributed by atoms with Gasteiger partial charge in [-0.15, -0.1) is 0 Å². The number of rotatable bonds is 2. The van der Waals surface area contributed by atoms with Gasteiger partial charge in [0.15, 0.2) is 0 Å². The maximum atomic E-state index is 13.6. The van der Waals surface area contributed by atoms with Gasteiger partial charge in [0.1, 0.15) is 17.5 Å². The van der Waals surface area contributed by atoms with Crippen LogP contribution in [0.5, 0.6) is 0 Å². The highest BCUT2D eigenvalue weighted by Gasteiger charge is 2.16. The number of aromatic nitrogens is 3. The minimum absolute atomic E-state index is 0.329. The highest BCUT2D eigenvalue weighted by atomic mass is 19.1. The van der Waals surface area contributed by atoms with E-state index in [-0.39, 0.29) is 5.82 Å². The van der Waals surface area contributed by atoms with Crippen LogP contribution in [0.1, 0.15) is 35.8 Å². The van der Waals surface area contributed by atoms with Crippen LogP contribution < -0.4 is 0 Å². The molecule has 0 saturated carbocycles.